The molecule has 0 unspecified atom stereocenters. The monoisotopic (exact) mass is 331 g/mol. The molecule has 1 saturated heterocycles. The van der Waals surface area contributed by atoms with Gasteiger partial charge in [-0.05, 0) is 36.8 Å². The Morgan fingerprint density at radius 1 is 1.38 bits per heavy atom. The van der Waals surface area contributed by atoms with E-state index in [1.54, 1.807) is 12.1 Å². The van der Waals surface area contributed by atoms with Crippen LogP contribution < -0.4 is 10.5 Å². The predicted molar refractivity (Wildman–Crippen MR) is 90.3 cm³/mol. The Kier molecular flexibility index (Phi) is 4.97. The van der Waals surface area contributed by atoms with Crippen molar-refractivity contribution in [3.05, 3.63) is 53.1 Å². The highest BCUT2D eigenvalue weighted by Crippen LogP contribution is 2.25. The Morgan fingerprint density at radius 3 is 2.96 bits per heavy atom. The van der Waals surface area contributed by atoms with Gasteiger partial charge in [-0.15, -0.1) is 0 Å². The van der Waals surface area contributed by atoms with Gasteiger partial charge in [0, 0.05) is 31.0 Å². The molecular formula is C18H22FN3O2. The Hall–Kier alpha value is -2.18. The maximum Gasteiger partial charge on any atom is 0.165 e. The van der Waals surface area contributed by atoms with E-state index in [0.717, 1.165) is 30.0 Å². The van der Waals surface area contributed by atoms with Gasteiger partial charge in [0.05, 0.1) is 19.4 Å². The third-order valence-corrected chi connectivity index (χ3v) is 4.10. The molecule has 1 aromatic carbocycles. The first-order valence-corrected chi connectivity index (χ1v) is 7.95. The smallest absolute Gasteiger partial charge is 0.165 e. The zero-order valence-electron chi connectivity index (χ0n) is 14.0. The fourth-order valence-electron chi connectivity index (χ4n) is 2.97. The van der Waals surface area contributed by atoms with Gasteiger partial charge in [0.2, 0.25) is 0 Å². The second-order valence-electron chi connectivity index (χ2n) is 6.03. The van der Waals surface area contributed by atoms with Crippen LogP contribution in [0.15, 0.2) is 30.3 Å². The number of nitrogens with zero attached hydrogens (tertiary/aromatic N) is 2. The summed E-state index contributed by atoms with van der Waals surface area (Å²) in [5.74, 6) is -0.0778. The molecule has 1 aromatic heterocycles. The summed E-state index contributed by atoms with van der Waals surface area (Å²) in [6.07, 6.45) is -0.108. The van der Waals surface area contributed by atoms with E-state index >= 15 is 0 Å². The lowest BCUT2D eigenvalue weighted by atomic mass is 10.1. The molecule has 0 bridgehead atoms. The first-order chi connectivity index (χ1) is 11.5. The van der Waals surface area contributed by atoms with Crippen LogP contribution in [0.3, 0.4) is 0 Å². The summed E-state index contributed by atoms with van der Waals surface area (Å²) in [6, 6.07) is 8.67. The second kappa shape index (κ2) is 7.15. The molecule has 2 heterocycles. The average molecular weight is 331 g/mol. The van der Waals surface area contributed by atoms with Crippen LogP contribution in [0.4, 0.5) is 10.1 Å². The minimum Gasteiger partial charge on any atom is -0.494 e. The number of aryl methyl sites for hydroxylation is 1. The van der Waals surface area contributed by atoms with Crippen molar-refractivity contribution in [2.24, 2.45) is 0 Å². The fourth-order valence-corrected chi connectivity index (χ4v) is 2.97. The maximum atomic E-state index is 13.5. The zero-order valence-corrected chi connectivity index (χ0v) is 14.0. The highest BCUT2D eigenvalue weighted by molar-refractivity contribution is 5.40. The van der Waals surface area contributed by atoms with Gasteiger partial charge in [0.15, 0.2) is 11.6 Å². The standard InChI is InChI=1S/C18H22FN3O2/c1-12-7-14(20)9-16(21-12)18-11-22(5-6-24-18)10-13-3-4-15(19)17(8-13)23-2/h3-4,7-9,18H,5-6,10-11H2,1-2H3,(H2,20,21)/t18-/m1/s1. The van der Waals surface area contributed by atoms with Gasteiger partial charge in [-0.3, -0.25) is 9.88 Å². The molecule has 6 heteroatoms. The van der Waals surface area contributed by atoms with Crippen LogP contribution in [0, 0.1) is 12.7 Å². The summed E-state index contributed by atoms with van der Waals surface area (Å²) in [7, 11) is 1.47. The van der Waals surface area contributed by atoms with Crippen molar-refractivity contribution in [2.45, 2.75) is 19.6 Å². The van der Waals surface area contributed by atoms with Gasteiger partial charge in [0.25, 0.3) is 0 Å². The summed E-state index contributed by atoms with van der Waals surface area (Å²) in [5, 5.41) is 0. The van der Waals surface area contributed by atoms with Gasteiger partial charge in [-0.1, -0.05) is 6.07 Å². The first-order valence-electron chi connectivity index (χ1n) is 7.95. The fraction of sp³-hybridized carbons (Fsp3) is 0.389. The number of benzene rings is 1. The number of ether oxygens (including phenoxy) is 2. The number of nitrogen functional groups attached to an aromatic ring is 1. The number of aromatic nitrogens is 1. The highest BCUT2D eigenvalue weighted by Gasteiger charge is 2.23. The molecule has 2 aromatic rings. The molecule has 0 amide bonds. The number of methoxy groups -OCH3 is 1. The van der Waals surface area contributed by atoms with E-state index in [4.69, 9.17) is 15.2 Å². The highest BCUT2D eigenvalue weighted by atomic mass is 19.1. The van der Waals surface area contributed by atoms with E-state index in [0.29, 0.717) is 18.8 Å². The van der Waals surface area contributed by atoms with E-state index in [9.17, 15) is 4.39 Å². The van der Waals surface area contributed by atoms with Crippen molar-refractivity contribution in [1.29, 1.82) is 0 Å². The van der Waals surface area contributed by atoms with E-state index in [1.165, 1.54) is 13.2 Å². The van der Waals surface area contributed by atoms with E-state index in [1.807, 2.05) is 19.1 Å². The average Bonchev–Trinajstić information content (AvgIpc) is 2.56. The lowest BCUT2D eigenvalue weighted by molar-refractivity contribution is -0.0350. The molecule has 2 N–H and O–H groups in total. The maximum absolute atomic E-state index is 13.5. The molecule has 24 heavy (non-hydrogen) atoms. The van der Waals surface area contributed by atoms with Crippen molar-refractivity contribution < 1.29 is 13.9 Å². The van der Waals surface area contributed by atoms with Crippen molar-refractivity contribution in [2.75, 3.05) is 32.5 Å². The zero-order chi connectivity index (χ0) is 17.1. The summed E-state index contributed by atoms with van der Waals surface area (Å²) < 4.78 is 24.4. The second-order valence-corrected chi connectivity index (χ2v) is 6.03. The van der Waals surface area contributed by atoms with Crippen LogP contribution >= 0.6 is 0 Å². The molecule has 1 aliphatic heterocycles. The number of anilines is 1. The summed E-state index contributed by atoms with van der Waals surface area (Å²) >= 11 is 0. The van der Waals surface area contributed by atoms with E-state index in [2.05, 4.69) is 9.88 Å². The third kappa shape index (κ3) is 3.83. The molecule has 1 atom stereocenters. The van der Waals surface area contributed by atoms with Crippen LogP contribution in [0.25, 0.3) is 0 Å². The molecule has 1 fully saturated rings. The minimum absolute atomic E-state index is 0.108. The van der Waals surface area contributed by atoms with Gasteiger partial charge < -0.3 is 15.2 Å². The molecule has 0 spiro atoms. The van der Waals surface area contributed by atoms with Crippen molar-refractivity contribution in [1.82, 2.24) is 9.88 Å². The lowest BCUT2D eigenvalue weighted by Crippen LogP contribution is -2.38. The molecule has 0 saturated carbocycles. The minimum atomic E-state index is -0.347. The lowest BCUT2D eigenvalue weighted by Gasteiger charge is -2.33. The van der Waals surface area contributed by atoms with Crippen LogP contribution in [0.2, 0.25) is 0 Å². The van der Waals surface area contributed by atoms with Gasteiger partial charge in [-0.2, -0.15) is 0 Å². The summed E-state index contributed by atoms with van der Waals surface area (Å²) in [4.78, 5) is 6.80. The Balaban J connectivity index is 1.71. The Bertz CT molecular complexity index is 703. The number of pyridine rings is 1. The van der Waals surface area contributed by atoms with Crippen LogP contribution in [-0.4, -0.2) is 36.7 Å². The van der Waals surface area contributed by atoms with Gasteiger partial charge in [-0.25, -0.2) is 4.39 Å². The van der Waals surface area contributed by atoms with Gasteiger partial charge in [0.1, 0.15) is 6.10 Å². The van der Waals surface area contributed by atoms with Crippen molar-refractivity contribution in [3.63, 3.8) is 0 Å². The summed E-state index contributed by atoms with van der Waals surface area (Å²) in [5.41, 5.74) is 9.35. The van der Waals surface area contributed by atoms with Crippen LogP contribution in [0.1, 0.15) is 23.1 Å². The van der Waals surface area contributed by atoms with E-state index in [-0.39, 0.29) is 17.7 Å². The Labute approximate surface area is 141 Å². The molecule has 1 aliphatic rings. The number of nitrogens with two attached hydrogens (primary N) is 1. The molecular weight excluding hydrogens is 309 g/mol. The number of rotatable bonds is 4. The largest absolute Gasteiger partial charge is 0.494 e. The molecule has 0 aliphatic carbocycles. The predicted octanol–water partition coefficient (Wildman–Crippen LogP) is 2.69. The quantitative estimate of drug-likeness (QED) is 0.933. The number of halogens is 1. The molecule has 128 valence electrons. The number of hydrogen-bond donors (Lipinski definition) is 1. The van der Waals surface area contributed by atoms with Crippen LogP contribution in [0.5, 0.6) is 5.75 Å². The topological polar surface area (TPSA) is 60.6 Å². The number of hydrogen-bond acceptors (Lipinski definition) is 5. The summed E-state index contributed by atoms with van der Waals surface area (Å²) in [6.45, 7) is 4.79. The normalized spacial score (nSPS) is 18.5. The molecule has 5 nitrogen and oxygen atoms in total. The molecule has 0 radical (unpaired) electrons. The molecule has 3 rings (SSSR count). The van der Waals surface area contributed by atoms with Crippen LogP contribution in [-0.2, 0) is 11.3 Å². The first kappa shape index (κ1) is 16.7. The number of morpholine rings is 1. The SMILES string of the molecule is COc1cc(CN2CCO[C@@H](c3cc(N)cc(C)n3)C2)ccc1F. The Morgan fingerprint density at radius 2 is 2.21 bits per heavy atom. The van der Waals surface area contributed by atoms with Crippen molar-refractivity contribution in [3.8, 4) is 5.75 Å². The third-order valence-electron chi connectivity index (χ3n) is 4.10. The van der Waals surface area contributed by atoms with E-state index < -0.39 is 0 Å². The van der Waals surface area contributed by atoms with Gasteiger partial charge >= 0.3 is 0 Å². The van der Waals surface area contributed by atoms with Crippen molar-refractivity contribution >= 4 is 5.69 Å².